The van der Waals surface area contributed by atoms with Crippen molar-refractivity contribution < 1.29 is 13.6 Å². The highest BCUT2D eigenvalue weighted by Crippen LogP contribution is 2.29. The largest absolute Gasteiger partial charge is 0.326 e. The van der Waals surface area contributed by atoms with Gasteiger partial charge >= 0.3 is 0 Å². The zero-order valence-corrected chi connectivity index (χ0v) is 14.2. The van der Waals surface area contributed by atoms with Crippen LogP contribution in [0.25, 0.3) is 11.4 Å². The molecular formula is C17H13F2N5OS. The minimum atomic E-state index is -2.79. The molecule has 1 amide bonds. The first-order valence-electron chi connectivity index (χ1n) is 7.77. The molecule has 3 aromatic rings. The van der Waals surface area contributed by atoms with Crippen LogP contribution in [-0.2, 0) is 0 Å². The van der Waals surface area contributed by atoms with Gasteiger partial charge in [-0.2, -0.15) is 0 Å². The van der Waals surface area contributed by atoms with Crippen molar-refractivity contribution >= 4 is 28.2 Å². The molecule has 3 aromatic heterocycles. The standard InChI is InChI=1S/C17H13F2N5OS/c18-17(19)9-24(10-17)15(25)11-4-6-21-14(7-11)23-16-22-13(8-26-16)12-3-1-2-5-20-12/h1-8H,9-10H2,(H,21,22,23). The van der Waals surface area contributed by atoms with Crippen LogP contribution in [0.5, 0.6) is 0 Å². The number of pyridine rings is 2. The van der Waals surface area contributed by atoms with Crippen molar-refractivity contribution in [3.05, 3.63) is 53.7 Å². The molecule has 4 heterocycles. The van der Waals surface area contributed by atoms with E-state index < -0.39 is 24.9 Å². The molecule has 1 fully saturated rings. The van der Waals surface area contributed by atoms with Crippen LogP contribution in [0.4, 0.5) is 19.7 Å². The zero-order valence-electron chi connectivity index (χ0n) is 13.4. The summed E-state index contributed by atoms with van der Waals surface area (Å²) in [5.41, 5.74) is 1.79. The molecule has 0 aromatic carbocycles. The monoisotopic (exact) mass is 373 g/mol. The predicted molar refractivity (Wildman–Crippen MR) is 93.7 cm³/mol. The van der Waals surface area contributed by atoms with E-state index in [2.05, 4.69) is 20.3 Å². The molecule has 26 heavy (non-hydrogen) atoms. The van der Waals surface area contributed by atoms with Gasteiger partial charge < -0.3 is 10.2 Å². The maximum Gasteiger partial charge on any atom is 0.282 e. The Labute approximate surface area is 151 Å². The first-order chi connectivity index (χ1) is 12.5. The molecule has 1 aliphatic heterocycles. The van der Waals surface area contributed by atoms with Crippen molar-refractivity contribution in [1.82, 2.24) is 19.9 Å². The van der Waals surface area contributed by atoms with Gasteiger partial charge in [-0.1, -0.05) is 6.07 Å². The third-order valence-corrected chi connectivity index (χ3v) is 4.56. The summed E-state index contributed by atoms with van der Waals surface area (Å²) in [6.07, 6.45) is 3.15. The second-order valence-corrected chi connectivity index (χ2v) is 6.68. The molecular weight excluding hydrogens is 360 g/mol. The molecule has 132 valence electrons. The molecule has 4 rings (SSSR count). The summed E-state index contributed by atoms with van der Waals surface area (Å²) in [4.78, 5) is 26.2. The number of hydrogen-bond acceptors (Lipinski definition) is 6. The number of carbonyl (C=O) groups excluding carboxylic acids is 1. The Hall–Kier alpha value is -2.94. The average molecular weight is 373 g/mol. The Morgan fingerprint density at radius 2 is 2.00 bits per heavy atom. The molecule has 1 aliphatic rings. The Bertz CT molecular complexity index is 939. The third-order valence-electron chi connectivity index (χ3n) is 3.80. The van der Waals surface area contributed by atoms with E-state index in [1.165, 1.54) is 29.7 Å². The lowest BCUT2D eigenvalue weighted by atomic mass is 10.1. The van der Waals surface area contributed by atoms with Crippen LogP contribution in [0.15, 0.2) is 48.1 Å². The average Bonchev–Trinajstić information content (AvgIpc) is 3.08. The first-order valence-corrected chi connectivity index (χ1v) is 8.65. The lowest BCUT2D eigenvalue weighted by Gasteiger charge is -2.38. The van der Waals surface area contributed by atoms with Gasteiger partial charge in [-0.25, -0.2) is 18.7 Å². The van der Waals surface area contributed by atoms with Crippen molar-refractivity contribution in [3.8, 4) is 11.4 Å². The fraction of sp³-hybridized carbons (Fsp3) is 0.176. The van der Waals surface area contributed by atoms with Crippen LogP contribution >= 0.6 is 11.3 Å². The summed E-state index contributed by atoms with van der Waals surface area (Å²) in [6, 6.07) is 8.60. The van der Waals surface area contributed by atoms with Crippen LogP contribution in [-0.4, -0.2) is 44.8 Å². The normalized spacial score (nSPS) is 15.4. The van der Waals surface area contributed by atoms with E-state index >= 15 is 0 Å². The van der Waals surface area contributed by atoms with E-state index in [1.807, 2.05) is 23.6 Å². The number of hydrogen-bond donors (Lipinski definition) is 1. The van der Waals surface area contributed by atoms with Gasteiger partial charge in [0.2, 0.25) is 0 Å². The summed E-state index contributed by atoms with van der Waals surface area (Å²) >= 11 is 1.38. The molecule has 6 nitrogen and oxygen atoms in total. The molecule has 0 saturated carbocycles. The quantitative estimate of drug-likeness (QED) is 0.759. The first kappa shape index (κ1) is 16.5. The second kappa shape index (κ2) is 6.41. The maximum atomic E-state index is 12.9. The Balaban J connectivity index is 1.48. The van der Waals surface area contributed by atoms with Gasteiger partial charge in [0, 0.05) is 23.3 Å². The van der Waals surface area contributed by atoms with Crippen LogP contribution in [0.1, 0.15) is 10.4 Å². The molecule has 1 N–H and O–H groups in total. The summed E-state index contributed by atoms with van der Waals surface area (Å²) < 4.78 is 25.9. The highest BCUT2D eigenvalue weighted by atomic mass is 32.1. The second-order valence-electron chi connectivity index (χ2n) is 5.82. The fourth-order valence-corrected chi connectivity index (χ4v) is 3.25. The van der Waals surface area contributed by atoms with E-state index in [1.54, 1.807) is 6.20 Å². The molecule has 1 saturated heterocycles. The topological polar surface area (TPSA) is 71.0 Å². The van der Waals surface area contributed by atoms with Gasteiger partial charge in [-0.05, 0) is 24.3 Å². The summed E-state index contributed by atoms with van der Waals surface area (Å²) in [5.74, 6) is -2.80. The molecule has 0 radical (unpaired) electrons. The summed E-state index contributed by atoms with van der Waals surface area (Å²) in [5, 5.41) is 5.49. The number of aromatic nitrogens is 3. The van der Waals surface area contributed by atoms with Crippen LogP contribution in [0, 0.1) is 0 Å². The van der Waals surface area contributed by atoms with Crippen molar-refractivity contribution in [2.24, 2.45) is 0 Å². The Morgan fingerprint density at radius 1 is 1.15 bits per heavy atom. The zero-order chi connectivity index (χ0) is 18.1. The van der Waals surface area contributed by atoms with Crippen molar-refractivity contribution in [1.29, 1.82) is 0 Å². The number of nitrogens with one attached hydrogen (secondary N) is 1. The third kappa shape index (κ3) is 3.38. The minimum Gasteiger partial charge on any atom is -0.326 e. The van der Waals surface area contributed by atoms with Crippen molar-refractivity contribution in [2.45, 2.75) is 5.92 Å². The van der Waals surface area contributed by atoms with Crippen molar-refractivity contribution in [3.63, 3.8) is 0 Å². The molecule has 0 unspecified atom stereocenters. The van der Waals surface area contributed by atoms with E-state index in [0.717, 1.165) is 16.3 Å². The number of thiazole rings is 1. The van der Waals surface area contributed by atoms with Gasteiger partial charge in [0.1, 0.15) is 11.5 Å². The number of carbonyl (C=O) groups is 1. The van der Waals surface area contributed by atoms with Gasteiger partial charge in [0.25, 0.3) is 11.8 Å². The Kier molecular flexibility index (Phi) is 4.08. The number of likely N-dealkylation sites (tertiary alicyclic amines) is 1. The fourth-order valence-electron chi connectivity index (χ4n) is 2.54. The number of halogens is 2. The SMILES string of the molecule is O=C(c1ccnc(Nc2nc(-c3ccccn3)cs2)c1)N1CC(F)(F)C1. The van der Waals surface area contributed by atoms with Crippen LogP contribution in [0.3, 0.4) is 0 Å². The van der Waals surface area contributed by atoms with E-state index in [-0.39, 0.29) is 0 Å². The predicted octanol–water partition coefficient (Wildman–Crippen LogP) is 3.43. The highest BCUT2D eigenvalue weighted by Gasteiger charge is 2.46. The smallest absolute Gasteiger partial charge is 0.282 e. The minimum absolute atomic E-state index is 0.305. The lowest BCUT2D eigenvalue weighted by molar-refractivity contribution is -0.113. The van der Waals surface area contributed by atoms with E-state index in [9.17, 15) is 13.6 Å². The molecule has 0 spiro atoms. The number of nitrogens with zero attached hydrogens (tertiary/aromatic N) is 4. The van der Waals surface area contributed by atoms with E-state index in [0.29, 0.717) is 16.5 Å². The molecule has 0 aliphatic carbocycles. The molecule has 0 atom stereocenters. The van der Waals surface area contributed by atoms with Gasteiger partial charge in [-0.3, -0.25) is 9.78 Å². The maximum absolute atomic E-state index is 12.9. The van der Waals surface area contributed by atoms with Gasteiger partial charge in [0.05, 0.1) is 18.8 Å². The Morgan fingerprint density at radius 3 is 2.73 bits per heavy atom. The number of amides is 1. The lowest BCUT2D eigenvalue weighted by Crippen LogP contribution is -2.58. The molecule has 9 heteroatoms. The summed E-state index contributed by atoms with van der Waals surface area (Å²) in [7, 11) is 0. The van der Waals surface area contributed by atoms with Crippen molar-refractivity contribution in [2.75, 3.05) is 18.4 Å². The van der Waals surface area contributed by atoms with E-state index in [4.69, 9.17) is 0 Å². The van der Waals surface area contributed by atoms with Crippen LogP contribution < -0.4 is 5.32 Å². The summed E-state index contributed by atoms with van der Waals surface area (Å²) in [6.45, 7) is -1.09. The van der Waals surface area contributed by atoms with Crippen LogP contribution in [0.2, 0.25) is 0 Å². The molecule has 0 bridgehead atoms. The number of anilines is 2. The number of alkyl halides is 2. The number of rotatable bonds is 4. The van der Waals surface area contributed by atoms with Gasteiger partial charge in [0.15, 0.2) is 5.13 Å². The van der Waals surface area contributed by atoms with Gasteiger partial charge in [-0.15, -0.1) is 11.3 Å². The highest BCUT2D eigenvalue weighted by molar-refractivity contribution is 7.14.